The van der Waals surface area contributed by atoms with Crippen LogP contribution in [0.4, 0.5) is 4.39 Å². The fourth-order valence-electron chi connectivity index (χ4n) is 2.31. The minimum Gasteiger partial charge on any atom is -0.381 e. The SMILES string of the molecule is C[C@H](c1ccccc1F)C1CCOCC1. The van der Waals surface area contributed by atoms with Gasteiger partial charge in [0.15, 0.2) is 0 Å². The molecule has 0 unspecified atom stereocenters. The summed E-state index contributed by atoms with van der Waals surface area (Å²) in [5.74, 6) is 0.794. The average molecular weight is 208 g/mol. The van der Waals surface area contributed by atoms with E-state index in [1.54, 1.807) is 12.1 Å². The Labute approximate surface area is 90.3 Å². The van der Waals surface area contributed by atoms with Crippen LogP contribution in [0.5, 0.6) is 0 Å². The second-order valence-electron chi connectivity index (χ2n) is 4.26. The molecule has 0 saturated carbocycles. The van der Waals surface area contributed by atoms with E-state index in [2.05, 4.69) is 6.92 Å². The molecule has 0 N–H and O–H groups in total. The van der Waals surface area contributed by atoms with Gasteiger partial charge in [0, 0.05) is 13.2 Å². The lowest BCUT2D eigenvalue weighted by molar-refractivity contribution is 0.0593. The van der Waals surface area contributed by atoms with Crippen LogP contribution < -0.4 is 0 Å². The van der Waals surface area contributed by atoms with Crippen molar-refractivity contribution in [1.29, 1.82) is 0 Å². The normalized spacial score (nSPS) is 20.1. The molecule has 2 rings (SSSR count). The van der Waals surface area contributed by atoms with Crippen LogP contribution >= 0.6 is 0 Å². The second kappa shape index (κ2) is 4.75. The van der Waals surface area contributed by atoms with Crippen LogP contribution in [0.1, 0.15) is 31.2 Å². The van der Waals surface area contributed by atoms with Gasteiger partial charge in [0.25, 0.3) is 0 Å². The minimum atomic E-state index is -0.0727. The molecule has 1 heterocycles. The summed E-state index contributed by atoms with van der Waals surface area (Å²) in [5, 5.41) is 0. The van der Waals surface area contributed by atoms with Crippen LogP contribution in [0.25, 0.3) is 0 Å². The van der Waals surface area contributed by atoms with Gasteiger partial charge < -0.3 is 4.74 Å². The lowest BCUT2D eigenvalue weighted by Crippen LogP contribution is -2.21. The van der Waals surface area contributed by atoms with E-state index in [-0.39, 0.29) is 5.82 Å². The van der Waals surface area contributed by atoms with Crippen molar-refractivity contribution in [3.63, 3.8) is 0 Å². The first kappa shape index (κ1) is 10.6. The molecular weight excluding hydrogens is 191 g/mol. The lowest BCUT2D eigenvalue weighted by Gasteiger charge is -2.28. The van der Waals surface area contributed by atoms with Crippen molar-refractivity contribution in [2.24, 2.45) is 5.92 Å². The molecule has 0 spiro atoms. The number of hydrogen-bond acceptors (Lipinski definition) is 1. The van der Waals surface area contributed by atoms with Gasteiger partial charge >= 0.3 is 0 Å². The van der Waals surface area contributed by atoms with Gasteiger partial charge in [-0.05, 0) is 36.3 Å². The van der Waals surface area contributed by atoms with Crippen molar-refractivity contribution in [2.75, 3.05) is 13.2 Å². The van der Waals surface area contributed by atoms with Crippen molar-refractivity contribution in [1.82, 2.24) is 0 Å². The van der Waals surface area contributed by atoms with E-state index in [9.17, 15) is 4.39 Å². The summed E-state index contributed by atoms with van der Waals surface area (Å²) < 4.78 is 18.9. The Kier molecular flexibility index (Phi) is 3.37. The van der Waals surface area contributed by atoms with Gasteiger partial charge in [-0.2, -0.15) is 0 Å². The molecule has 1 nitrogen and oxygen atoms in total. The van der Waals surface area contributed by atoms with Gasteiger partial charge in [0.05, 0.1) is 0 Å². The predicted octanol–water partition coefficient (Wildman–Crippen LogP) is 3.36. The summed E-state index contributed by atoms with van der Waals surface area (Å²) >= 11 is 0. The summed E-state index contributed by atoms with van der Waals surface area (Å²) in [6.45, 7) is 3.77. The molecule has 1 saturated heterocycles. The largest absolute Gasteiger partial charge is 0.381 e. The number of hydrogen-bond donors (Lipinski definition) is 0. The van der Waals surface area contributed by atoms with E-state index >= 15 is 0 Å². The van der Waals surface area contributed by atoms with E-state index in [1.807, 2.05) is 12.1 Å². The second-order valence-corrected chi connectivity index (χ2v) is 4.26. The van der Waals surface area contributed by atoms with Gasteiger partial charge in [-0.3, -0.25) is 0 Å². The Morgan fingerprint density at radius 3 is 2.60 bits per heavy atom. The summed E-state index contributed by atoms with van der Waals surface area (Å²) in [7, 11) is 0. The zero-order valence-corrected chi connectivity index (χ0v) is 9.08. The van der Waals surface area contributed by atoms with Crippen molar-refractivity contribution in [2.45, 2.75) is 25.7 Å². The molecule has 0 amide bonds. The van der Waals surface area contributed by atoms with E-state index in [0.29, 0.717) is 11.8 Å². The fraction of sp³-hybridized carbons (Fsp3) is 0.538. The van der Waals surface area contributed by atoms with Crippen molar-refractivity contribution < 1.29 is 9.13 Å². The molecule has 82 valence electrons. The third-order valence-electron chi connectivity index (χ3n) is 3.37. The highest BCUT2D eigenvalue weighted by molar-refractivity contribution is 5.21. The smallest absolute Gasteiger partial charge is 0.126 e. The highest BCUT2D eigenvalue weighted by atomic mass is 19.1. The topological polar surface area (TPSA) is 9.23 Å². The van der Waals surface area contributed by atoms with Crippen molar-refractivity contribution in [3.05, 3.63) is 35.6 Å². The molecule has 1 aromatic carbocycles. The van der Waals surface area contributed by atoms with E-state index in [4.69, 9.17) is 4.74 Å². The molecule has 1 fully saturated rings. The number of rotatable bonds is 2. The van der Waals surface area contributed by atoms with Crippen molar-refractivity contribution >= 4 is 0 Å². The summed E-state index contributed by atoms with van der Waals surface area (Å²) in [6, 6.07) is 7.10. The Balaban J connectivity index is 2.12. The van der Waals surface area contributed by atoms with Crippen LogP contribution in [-0.2, 0) is 4.74 Å². The van der Waals surface area contributed by atoms with Crippen LogP contribution in [0.3, 0.4) is 0 Å². The zero-order chi connectivity index (χ0) is 10.7. The van der Waals surface area contributed by atoms with E-state index in [1.165, 1.54) is 0 Å². The quantitative estimate of drug-likeness (QED) is 0.724. The summed E-state index contributed by atoms with van der Waals surface area (Å²) in [6.07, 6.45) is 2.10. The molecule has 1 aromatic rings. The standard InChI is InChI=1S/C13H17FO/c1-10(11-6-8-15-9-7-11)12-4-2-3-5-13(12)14/h2-5,10-11H,6-9H2,1H3/t10-/m0/s1. The van der Waals surface area contributed by atoms with Gasteiger partial charge in [0.1, 0.15) is 5.82 Å². The summed E-state index contributed by atoms with van der Waals surface area (Å²) in [4.78, 5) is 0. The zero-order valence-electron chi connectivity index (χ0n) is 9.08. The Bertz CT molecular complexity index is 318. The first-order valence-corrected chi connectivity index (χ1v) is 5.61. The maximum absolute atomic E-state index is 13.6. The highest BCUT2D eigenvalue weighted by Crippen LogP contribution is 2.32. The minimum absolute atomic E-state index is 0.0727. The molecular formula is C13H17FO. The third-order valence-corrected chi connectivity index (χ3v) is 3.37. The Hall–Kier alpha value is -0.890. The van der Waals surface area contributed by atoms with Crippen LogP contribution in [0, 0.1) is 11.7 Å². The van der Waals surface area contributed by atoms with Gasteiger partial charge in [-0.1, -0.05) is 25.1 Å². The van der Waals surface area contributed by atoms with E-state index < -0.39 is 0 Å². The Morgan fingerprint density at radius 1 is 1.27 bits per heavy atom. The predicted molar refractivity (Wildman–Crippen MR) is 58.4 cm³/mol. The molecule has 0 bridgehead atoms. The molecule has 0 aromatic heterocycles. The molecule has 15 heavy (non-hydrogen) atoms. The van der Waals surface area contributed by atoms with Crippen molar-refractivity contribution in [3.8, 4) is 0 Å². The molecule has 1 aliphatic rings. The van der Waals surface area contributed by atoms with Crippen LogP contribution in [-0.4, -0.2) is 13.2 Å². The average Bonchev–Trinajstić information content (AvgIpc) is 2.30. The fourth-order valence-corrected chi connectivity index (χ4v) is 2.31. The first-order valence-electron chi connectivity index (χ1n) is 5.61. The Morgan fingerprint density at radius 2 is 1.93 bits per heavy atom. The van der Waals surface area contributed by atoms with Crippen LogP contribution in [0.15, 0.2) is 24.3 Å². The molecule has 0 radical (unpaired) electrons. The first-order chi connectivity index (χ1) is 7.29. The van der Waals surface area contributed by atoms with Crippen LogP contribution in [0.2, 0.25) is 0 Å². The number of ether oxygens (including phenoxy) is 1. The molecule has 1 aliphatic heterocycles. The van der Waals surface area contributed by atoms with Gasteiger partial charge in [-0.25, -0.2) is 4.39 Å². The molecule has 2 heteroatoms. The third kappa shape index (κ3) is 2.37. The van der Waals surface area contributed by atoms with Gasteiger partial charge in [0.2, 0.25) is 0 Å². The summed E-state index contributed by atoms with van der Waals surface area (Å²) in [5.41, 5.74) is 0.851. The monoisotopic (exact) mass is 208 g/mol. The molecule has 1 atom stereocenters. The highest BCUT2D eigenvalue weighted by Gasteiger charge is 2.23. The lowest BCUT2D eigenvalue weighted by atomic mass is 9.82. The van der Waals surface area contributed by atoms with E-state index in [0.717, 1.165) is 31.6 Å². The molecule has 0 aliphatic carbocycles. The number of halogens is 1. The van der Waals surface area contributed by atoms with Gasteiger partial charge in [-0.15, -0.1) is 0 Å². The number of benzene rings is 1. The maximum Gasteiger partial charge on any atom is 0.126 e. The maximum atomic E-state index is 13.6.